The van der Waals surface area contributed by atoms with Crippen LogP contribution in [0, 0.1) is 0 Å². The molecule has 0 spiro atoms. The summed E-state index contributed by atoms with van der Waals surface area (Å²) < 4.78 is 0. The summed E-state index contributed by atoms with van der Waals surface area (Å²) in [6.45, 7) is 0. The monoisotopic (exact) mass is 185 g/mol. The van der Waals surface area contributed by atoms with Crippen molar-refractivity contribution in [2.24, 2.45) is 4.99 Å². The van der Waals surface area contributed by atoms with Gasteiger partial charge < -0.3 is 4.98 Å². The van der Waals surface area contributed by atoms with E-state index in [4.69, 9.17) is 0 Å². The van der Waals surface area contributed by atoms with Crippen LogP contribution in [0.3, 0.4) is 0 Å². The van der Waals surface area contributed by atoms with Gasteiger partial charge in [-0.15, -0.1) is 0 Å². The molecule has 4 heteroatoms. The fourth-order valence-corrected chi connectivity index (χ4v) is 1.67. The summed E-state index contributed by atoms with van der Waals surface area (Å²) in [4.78, 5) is 22.9. The molecule has 14 heavy (non-hydrogen) atoms. The maximum absolute atomic E-state index is 11.5. The number of carbonyl (C=O) groups is 1. The maximum atomic E-state index is 11.5. The smallest absolute Gasteiger partial charge is 0.171 e. The van der Waals surface area contributed by atoms with E-state index in [1.54, 1.807) is 18.6 Å². The molecule has 0 aromatic carbocycles. The number of pyridine rings is 1. The van der Waals surface area contributed by atoms with Crippen molar-refractivity contribution in [3.63, 3.8) is 0 Å². The number of fused-ring (bicyclic) bond motifs is 3. The molecule has 0 radical (unpaired) electrons. The zero-order valence-corrected chi connectivity index (χ0v) is 7.32. The lowest BCUT2D eigenvalue weighted by Gasteiger charge is -2.08. The highest BCUT2D eigenvalue weighted by atomic mass is 16.1. The summed E-state index contributed by atoms with van der Waals surface area (Å²) in [6, 6.07) is 1.89. The van der Waals surface area contributed by atoms with Crippen molar-refractivity contribution in [2.45, 2.75) is 6.42 Å². The van der Waals surface area contributed by atoms with Crippen LogP contribution in [0.5, 0.6) is 0 Å². The predicted molar refractivity (Wildman–Crippen MR) is 53.2 cm³/mol. The van der Waals surface area contributed by atoms with Gasteiger partial charge >= 0.3 is 0 Å². The molecule has 0 unspecified atom stereocenters. The van der Waals surface area contributed by atoms with Crippen LogP contribution in [0.25, 0.3) is 11.0 Å². The first kappa shape index (κ1) is 7.44. The van der Waals surface area contributed by atoms with Crippen molar-refractivity contribution in [3.8, 4) is 0 Å². The average Bonchev–Trinajstić information content (AvgIpc) is 2.66. The van der Waals surface area contributed by atoms with Crippen LogP contribution in [0.4, 0.5) is 5.69 Å². The summed E-state index contributed by atoms with van der Waals surface area (Å²) in [5.41, 5.74) is 2.14. The molecule has 2 aromatic rings. The number of nitrogens with zero attached hydrogens (tertiary/aromatic N) is 2. The minimum Gasteiger partial charge on any atom is -0.346 e. The predicted octanol–water partition coefficient (Wildman–Crippen LogP) is 1.85. The Kier molecular flexibility index (Phi) is 1.33. The van der Waals surface area contributed by atoms with Gasteiger partial charge in [-0.2, -0.15) is 0 Å². The van der Waals surface area contributed by atoms with E-state index in [0.29, 0.717) is 12.0 Å². The van der Waals surface area contributed by atoms with Gasteiger partial charge in [-0.25, -0.2) is 4.98 Å². The van der Waals surface area contributed by atoms with Crippen molar-refractivity contribution < 1.29 is 4.79 Å². The minimum atomic E-state index is 0.0885. The largest absolute Gasteiger partial charge is 0.346 e. The Labute approximate surface area is 79.7 Å². The zero-order valence-electron chi connectivity index (χ0n) is 7.32. The molecule has 1 aliphatic rings. The second kappa shape index (κ2) is 2.51. The van der Waals surface area contributed by atoms with Gasteiger partial charge in [0.25, 0.3) is 0 Å². The Morgan fingerprint density at radius 1 is 1.43 bits per heavy atom. The fraction of sp³-hybridized carbons (Fsp3) is 0.100. The van der Waals surface area contributed by atoms with Crippen molar-refractivity contribution in [1.29, 1.82) is 0 Å². The highest BCUT2D eigenvalue weighted by Crippen LogP contribution is 2.30. The number of Topliss-reactive ketones (excluding diaryl/α,β-unsaturated/α-hetero) is 1. The van der Waals surface area contributed by atoms with E-state index in [2.05, 4.69) is 15.0 Å². The van der Waals surface area contributed by atoms with Gasteiger partial charge in [0, 0.05) is 30.4 Å². The Morgan fingerprint density at radius 2 is 2.36 bits per heavy atom. The van der Waals surface area contributed by atoms with Crippen molar-refractivity contribution in [3.05, 3.63) is 24.0 Å². The van der Waals surface area contributed by atoms with Crippen LogP contribution in [0.1, 0.15) is 16.8 Å². The number of hydrogen-bond acceptors (Lipinski definition) is 3. The summed E-state index contributed by atoms with van der Waals surface area (Å²) in [6.07, 6.45) is 5.42. The molecule has 0 bridgehead atoms. The first-order chi connectivity index (χ1) is 6.86. The molecule has 0 fully saturated rings. The van der Waals surface area contributed by atoms with E-state index in [9.17, 15) is 4.79 Å². The second-order valence-corrected chi connectivity index (χ2v) is 3.20. The third kappa shape index (κ3) is 0.849. The topological polar surface area (TPSA) is 58.1 Å². The van der Waals surface area contributed by atoms with Gasteiger partial charge in [0.15, 0.2) is 5.78 Å². The number of aromatic nitrogens is 2. The quantitative estimate of drug-likeness (QED) is 0.680. The van der Waals surface area contributed by atoms with Crippen LogP contribution < -0.4 is 0 Å². The van der Waals surface area contributed by atoms with Gasteiger partial charge in [0.1, 0.15) is 5.65 Å². The zero-order chi connectivity index (χ0) is 9.54. The van der Waals surface area contributed by atoms with Gasteiger partial charge in [-0.3, -0.25) is 9.79 Å². The molecular formula is C10H7N3O. The van der Waals surface area contributed by atoms with E-state index >= 15 is 0 Å². The van der Waals surface area contributed by atoms with Crippen LogP contribution in [0.2, 0.25) is 0 Å². The first-order valence-electron chi connectivity index (χ1n) is 4.38. The molecule has 1 aliphatic heterocycles. The number of nitrogens with one attached hydrogen (secondary N) is 1. The molecular weight excluding hydrogens is 178 g/mol. The second-order valence-electron chi connectivity index (χ2n) is 3.20. The normalized spacial score (nSPS) is 14.7. The molecule has 2 aromatic heterocycles. The van der Waals surface area contributed by atoms with Crippen LogP contribution in [-0.4, -0.2) is 22.0 Å². The molecule has 0 aliphatic carbocycles. The van der Waals surface area contributed by atoms with Crippen molar-refractivity contribution >= 4 is 28.7 Å². The number of aromatic amines is 1. The molecule has 68 valence electrons. The van der Waals surface area contributed by atoms with Gasteiger partial charge in [-0.05, 0) is 6.07 Å². The third-order valence-electron chi connectivity index (χ3n) is 2.36. The van der Waals surface area contributed by atoms with Gasteiger partial charge in [0.05, 0.1) is 11.3 Å². The Hall–Kier alpha value is -1.97. The maximum Gasteiger partial charge on any atom is 0.171 e. The molecule has 0 saturated heterocycles. The Balaban J connectivity index is 2.45. The summed E-state index contributed by atoms with van der Waals surface area (Å²) >= 11 is 0. The van der Waals surface area contributed by atoms with Crippen LogP contribution >= 0.6 is 0 Å². The average molecular weight is 185 g/mol. The summed E-state index contributed by atoms with van der Waals surface area (Å²) in [5, 5.41) is 0.909. The van der Waals surface area contributed by atoms with E-state index in [1.807, 2.05) is 6.07 Å². The highest BCUT2D eigenvalue weighted by molar-refractivity contribution is 6.14. The Bertz CT molecular complexity index is 553. The van der Waals surface area contributed by atoms with Gasteiger partial charge in [0.2, 0.25) is 0 Å². The number of rotatable bonds is 0. The fourth-order valence-electron chi connectivity index (χ4n) is 1.67. The molecule has 0 amide bonds. The van der Waals surface area contributed by atoms with E-state index < -0.39 is 0 Å². The molecule has 3 heterocycles. The first-order valence-corrected chi connectivity index (χ1v) is 4.38. The highest BCUT2D eigenvalue weighted by Gasteiger charge is 2.17. The van der Waals surface area contributed by atoms with Gasteiger partial charge in [-0.1, -0.05) is 0 Å². The van der Waals surface area contributed by atoms with E-state index in [1.165, 1.54) is 0 Å². The number of aliphatic imine (C=N–C) groups is 1. The summed E-state index contributed by atoms with van der Waals surface area (Å²) in [5.74, 6) is 0.0885. The SMILES string of the molecule is O=C1CC=Nc2c1cnc1[nH]ccc21. The lowest BCUT2D eigenvalue weighted by molar-refractivity contribution is 0.100. The Morgan fingerprint density at radius 3 is 3.29 bits per heavy atom. The number of ketones is 1. The van der Waals surface area contributed by atoms with Crippen LogP contribution in [0.15, 0.2) is 23.5 Å². The molecule has 4 nitrogen and oxygen atoms in total. The molecule has 0 saturated carbocycles. The lowest BCUT2D eigenvalue weighted by atomic mass is 10.1. The molecule has 3 rings (SSSR count). The number of hydrogen-bond donors (Lipinski definition) is 1. The third-order valence-corrected chi connectivity index (χ3v) is 2.36. The standard InChI is InChI=1S/C10H7N3O/c14-8-2-4-11-9-6-1-3-12-10(6)13-5-7(8)9/h1,3-5H,2H2,(H,12,13). The molecule has 1 N–H and O–H groups in total. The number of carbonyl (C=O) groups excluding carboxylic acids is 1. The minimum absolute atomic E-state index is 0.0885. The van der Waals surface area contributed by atoms with Crippen molar-refractivity contribution in [2.75, 3.05) is 0 Å². The molecule has 0 atom stereocenters. The van der Waals surface area contributed by atoms with Crippen molar-refractivity contribution in [1.82, 2.24) is 9.97 Å². The van der Waals surface area contributed by atoms with Crippen LogP contribution in [-0.2, 0) is 0 Å². The van der Waals surface area contributed by atoms with E-state index in [-0.39, 0.29) is 5.78 Å². The van der Waals surface area contributed by atoms with E-state index in [0.717, 1.165) is 16.7 Å². The summed E-state index contributed by atoms with van der Waals surface area (Å²) in [7, 11) is 0. The number of H-pyrrole nitrogens is 1. The lowest BCUT2D eigenvalue weighted by Crippen LogP contribution is -2.05.